The van der Waals surface area contributed by atoms with Gasteiger partial charge in [-0.15, -0.1) is 0 Å². The van der Waals surface area contributed by atoms with Crippen LogP contribution in [0.2, 0.25) is 0 Å². The first kappa shape index (κ1) is 15.5. The first-order valence-electron chi connectivity index (χ1n) is 6.93. The van der Waals surface area contributed by atoms with Crippen molar-refractivity contribution >= 4 is 0 Å². The molecule has 0 N–H and O–H groups in total. The van der Waals surface area contributed by atoms with Crippen LogP contribution in [0.3, 0.4) is 0 Å². The van der Waals surface area contributed by atoms with E-state index in [1.165, 1.54) is 77.0 Å². The molecular formula is C14H28Fe. The molecule has 2 aliphatic carbocycles. The quantitative estimate of drug-likeness (QED) is 0.597. The molecule has 2 rings (SSSR count). The molecule has 0 aliphatic heterocycles. The molecule has 0 aromatic heterocycles. The summed E-state index contributed by atoms with van der Waals surface area (Å²) >= 11 is 0. The minimum atomic E-state index is 0. The molecule has 0 amide bonds. The smallest absolute Gasteiger partial charge is 0 e. The predicted octanol–water partition coefficient (Wildman–Crippen LogP) is 5.31. The number of hydrogen-bond acceptors (Lipinski definition) is 0. The molecule has 2 saturated carbocycles. The third-order valence-corrected chi connectivity index (χ3v) is 3.69. The van der Waals surface area contributed by atoms with Crippen molar-refractivity contribution in [1.29, 1.82) is 0 Å². The third kappa shape index (κ3) is 8.34. The van der Waals surface area contributed by atoms with Crippen LogP contribution >= 0.6 is 0 Å². The minimum Gasteiger partial charge on any atom is -0.0654 e. The summed E-state index contributed by atoms with van der Waals surface area (Å²) < 4.78 is 0. The Bertz CT molecular complexity index is 105. The Morgan fingerprint density at radius 2 is 1.27 bits per heavy atom. The molecule has 0 unspecified atom stereocenters. The van der Waals surface area contributed by atoms with Crippen molar-refractivity contribution < 1.29 is 17.1 Å². The standard InChI is InChI=1S/C9H18.C5H10.Fe/c1-2-3-6-9-7-4-5-8-9;1-2-4-5-3-1;/h9H,2-8H2,1H3;1-5H2;. The Kier molecular flexibility index (Phi) is 11.4. The fourth-order valence-electron chi connectivity index (χ4n) is 2.68. The van der Waals surface area contributed by atoms with Crippen LogP contribution in [0.1, 0.15) is 84.0 Å². The first-order chi connectivity index (χ1) is 6.93. The average Bonchev–Trinajstić information content (AvgIpc) is 2.90. The van der Waals surface area contributed by atoms with Gasteiger partial charge in [0.05, 0.1) is 0 Å². The van der Waals surface area contributed by atoms with Gasteiger partial charge in [-0.2, -0.15) is 0 Å². The van der Waals surface area contributed by atoms with Crippen molar-refractivity contribution in [3.05, 3.63) is 0 Å². The zero-order valence-electron chi connectivity index (χ0n) is 10.4. The molecule has 2 aliphatic rings. The monoisotopic (exact) mass is 252 g/mol. The van der Waals surface area contributed by atoms with Crippen LogP contribution in [0.5, 0.6) is 0 Å². The number of rotatable bonds is 3. The fourth-order valence-corrected chi connectivity index (χ4v) is 2.68. The van der Waals surface area contributed by atoms with Crippen LogP contribution in [-0.2, 0) is 17.1 Å². The van der Waals surface area contributed by atoms with Crippen LogP contribution < -0.4 is 0 Å². The maximum atomic E-state index is 2.29. The second-order valence-electron chi connectivity index (χ2n) is 5.06. The van der Waals surface area contributed by atoms with E-state index < -0.39 is 0 Å². The normalized spacial score (nSPS) is 20.6. The third-order valence-electron chi connectivity index (χ3n) is 3.69. The molecule has 0 radical (unpaired) electrons. The van der Waals surface area contributed by atoms with E-state index in [-0.39, 0.29) is 17.1 Å². The van der Waals surface area contributed by atoms with Crippen molar-refractivity contribution in [2.45, 2.75) is 84.0 Å². The summed E-state index contributed by atoms with van der Waals surface area (Å²) in [6, 6.07) is 0. The van der Waals surface area contributed by atoms with Gasteiger partial charge in [0.15, 0.2) is 0 Å². The largest absolute Gasteiger partial charge is 0.0654 e. The molecule has 0 saturated heterocycles. The van der Waals surface area contributed by atoms with Gasteiger partial charge in [0, 0.05) is 17.1 Å². The summed E-state index contributed by atoms with van der Waals surface area (Å²) in [6.07, 6.45) is 17.9. The van der Waals surface area contributed by atoms with E-state index in [9.17, 15) is 0 Å². The molecule has 1 heteroatoms. The number of hydrogen-bond donors (Lipinski definition) is 0. The van der Waals surface area contributed by atoms with Gasteiger partial charge in [0.1, 0.15) is 0 Å². The second kappa shape index (κ2) is 11.0. The Morgan fingerprint density at radius 3 is 1.67 bits per heavy atom. The van der Waals surface area contributed by atoms with Crippen molar-refractivity contribution in [3.8, 4) is 0 Å². The summed E-state index contributed by atoms with van der Waals surface area (Å²) in [6.45, 7) is 2.29. The van der Waals surface area contributed by atoms with Crippen LogP contribution in [0.4, 0.5) is 0 Å². The van der Waals surface area contributed by atoms with Gasteiger partial charge in [0.25, 0.3) is 0 Å². The van der Waals surface area contributed by atoms with Crippen LogP contribution in [0.15, 0.2) is 0 Å². The molecule has 15 heavy (non-hydrogen) atoms. The summed E-state index contributed by atoms with van der Waals surface area (Å²) in [5.41, 5.74) is 0. The number of unbranched alkanes of at least 4 members (excludes halogenated alkanes) is 1. The van der Waals surface area contributed by atoms with E-state index in [4.69, 9.17) is 0 Å². The molecule has 0 nitrogen and oxygen atoms in total. The van der Waals surface area contributed by atoms with Crippen LogP contribution in [-0.4, -0.2) is 0 Å². The van der Waals surface area contributed by atoms with Gasteiger partial charge in [0.2, 0.25) is 0 Å². The van der Waals surface area contributed by atoms with E-state index in [0.29, 0.717) is 0 Å². The van der Waals surface area contributed by atoms with Gasteiger partial charge in [-0.1, -0.05) is 84.0 Å². The Labute approximate surface area is 107 Å². The molecular weight excluding hydrogens is 224 g/mol. The van der Waals surface area contributed by atoms with Gasteiger partial charge < -0.3 is 0 Å². The minimum absolute atomic E-state index is 0. The van der Waals surface area contributed by atoms with Crippen molar-refractivity contribution in [2.24, 2.45) is 5.92 Å². The maximum Gasteiger partial charge on any atom is 0 e. The first-order valence-corrected chi connectivity index (χ1v) is 6.93. The maximum absolute atomic E-state index is 2.29. The van der Waals surface area contributed by atoms with E-state index in [2.05, 4.69) is 6.92 Å². The Morgan fingerprint density at radius 1 is 0.800 bits per heavy atom. The van der Waals surface area contributed by atoms with E-state index >= 15 is 0 Å². The van der Waals surface area contributed by atoms with E-state index in [0.717, 1.165) is 5.92 Å². The molecule has 0 aromatic carbocycles. The zero-order valence-corrected chi connectivity index (χ0v) is 11.5. The second-order valence-corrected chi connectivity index (χ2v) is 5.06. The Hall–Kier alpha value is 0.519. The summed E-state index contributed by atoms with van der Waals surface area (Å²) in [5, 5.41) is 0. The predicted molar refractivity (Wildman–Crippen MR) is 64.6 cm³/mol. The molecule has 0 atom stereocenters. The van der Waals surface area contributed by atoms with Crippen LogP contribution in [0, 0.1) is 5.92 Å². The van der Waals surface area contributed by atoms with Crippen molar-refractivity contribution in [3.63, 3.8) is 0 Å². The fraction of sp³-hybridized carbons (Fsp3) is 1.00. The summed E-state index contributed by atoms with van der Waals surface area (Å²) in [7, 11) is 0. The topological polar surface area (TPSA) is 0 Å². The average molecular weight is 252 g/mol. The molecule has 2 fully saturated rings. The Balaban J connectivity index is 0.000000280. The van der Waals surface area contributed by atoms with Crippen molar-refractivity contribution in [1.82, 2.24) is 0 Å². The van der Waals surface area contributed by atoms with E-state index in [1.54, 1.807) is 0 Å². The molecule has 92 valence electrons. The van der Waals surface area contributed by atoms with Crippen molar-refractivity contribution in [2.75, 3.05) is 0 Å². The molecule has 0 heterocycles. The van der Waals surface area contributed by atoms with Gasteiger partial charge in [-0.05, 0) is 5.92 Å². The van der Waals surface area contributed by atoms with Gasteiger partial charge in [-0.25, -0.2) is 0 Å². The zero-order chi connectivity index (χ0) is 10.1. The summed E-state index contributed by atoms with van der Waals surface area (Å²) in [4.78, 5) is 0. The van der Waals surface area contributed by atoms with Gasteiger partial charge >= 0.3 is 0 Å². The van der Waals surface area contributed by atoms with E-state index in [1.807, 2.05) is 0 Å². The summed E-state index contributed by atoms with van der Waals surface area (Å²) in [5.74, 6) is 1.12. The molecule has 0 spiro atoms. The SMILES string of the molecule is C1CCCC1.CCCCC1CCCC1.[Fe]. The molecule has 0 aromatic rings. The van der Waals surface area contributed by atoms with Crippen LogP contribution in [0.25, 0.3) is 0 Å². The van der Waals surface area contributed by atoms with Gasteiger partial charge in [-0.3, -0.25) is 0 Å². The molecule has 0 bridgehead atoms.